The number of hydrogen-bond donors (Lipinski definition) is 0. The lowest BCUT2D eigenvalue weighted by molar-refractivity contribution is -0.129. The minimum absolute atomic E-state index is 0.0254. The molecule has 5 heteroatoms. The van der Waals surface area contributed by atoms with Gasteiger partial charge in [-0.3, -0.25) is 4.79 Å². The van der Waals surface area contributed by atoms with Gasteiger partial charge >= 0.3 is 6.16 Å². The van der Waals surface area contributed by atoms with Gasteiger partial charge in [-0.1, -0.05) is 13.8 Å². The van der Waals surface area contributed by atoms with Crippen LogP contribution >= 0.6 is 0 Å². The third kappa shape index (κ3) is 13.7. The Kier molecular flexibility index (Phi) is 14.6. The molecule has 5 nitrogen and oxygen atoms in total. The Morgan fingerprint density at radius 2 is 1.85 bits per heavy atom. The highest BCUT2D eigenvalue weighted by Gasteiger charge is 1.99. The Bertz CT molecular complexity index is 124. The van der Waals surface area contributed by atoms with Crippen molar-refractivity contribution in [3.05, 3.63) is 0 Å². The van der Waals surface area contributed by atoms with E-state index in [-0.39, 0.29) is 26.3 Å². The fraction of sp³-hybridized carbons (Fsp3) is 0.750. The van der Waals surface area contributed by atoms with Gasteiger partial charge in [0.25, 0.3) is 6.47 Å². The van der Waals surface area contributed by atoms with Crippen LogP contribution in [0.3, 0.4) is 0 Å². The number of carbonyl (C=O) groups is 2. The van der Waals surface area contributed by atoms with Crippen molar-refractivity contribution < 1.29 is 23.8 Å². The Labute approximate surface area is 78.0 Å². The van der Waals surface area contributed by atoms with Crippen molar-refractivity contribution in [2.75, 3.05) is 19.8 Å². The van der Waals surface area contributed by atoms with Gasteiger partial charge in [0.1, 0.15) is 13.2 Å². The monoisotopic (exact) mass is 192 g/mol. The molecule has 0 aromatic heterocycles. The second kappa shape index (κ2) is 13.3. The second-order valence-corrected chi connectivity index (χ2v) is 1.50. The maximum Gasteiger partial charge on any atom is 0.508 e. The van der Waals surface area contributed by atoms with E-state index in [1.54, 1.807) is 6.92 Å². The number of ether oxygens (including phenoxy) is 3. The largest absolute Gasteiger partial charge is 0.508 e. The molecule has 0 heterocycles. The fourth-order valence-electron chi connectivity index (χ4n) is 0.381. The Hall–Kier alpha value is -1.26. The van der Waals surface area contributed by atoms with Crippen LogP contribution in [0, 0.1) is 0 Å². The van der Waals surface area contributed by atoms with Gasteiger partial charge in [0.05, 0.1) is 6.61 Å². The van der Waals surface area contributed by atoms with Crippen LogP contribution in [0.4, 0.5) is 4.79 Å². The zero-order chi connectivity index (χ0) is 10.5. The first kappa shape index (κ1) is 14.3. The SMILES string of the molecule is CC.CCOC(=O)OCCOC=O. The van der Waals surface area contributed by atoms with Crippen molar-refractivity contribution in [3.63, 3.8) is 0 Å². The van der Waals surface area contributed by atoms with Gasteiger partial charge in [0.15, 0.2) is 0 Å². The van der Waals surface area contributed by atoms with Crippen LogP contribution in [0.1, 0.15) is 20.8 Å². The molecular formula is C8H16O5. The van der Waals surface area contributed by atoms with Crippen LogP contribution in [0.15, 0.2) is 0 Å². The maximum atomic E-state index is 10.4. The molecule has 0 aromatic carbocycles. The molecule has 0 N–H and O–H groups in total. The molecule has 0 rings (SSSR count). The van der Waals surface area contributed by atoms with Gasteiger partial charge in [-0.2, -0.15) is 0 Å². The number of carbonyl (C=O) groups excluding carboxylic acids is 2. The topological polar surface area (TPSA) is 61.8 Å². The van der Waals surface area contributed by atoms with Gasteiger partial charge in [-0.15, -0.1) is 0 Å². The molecule has 13 heavy (non-hydrogen) atoms. The van der Waals surface area contributed by atoms with Gasteiger partial charge in [0, 0.05) is 0 Å². The van der Waals surface area contributed by atoms with E-state index in [4.69, 9.17) is 0 Å². The summed E-state index contributed by atoms with van der Waals surface area (Å²) in [5.74, 6) is 0. The highest BCUT2D eigenvalue weighted by atomic mass is 16.7. The van der Waals surface area contributed by atoms with Gasteiger partial charge in [0.2, 0.25) is 0 Å². The number of rotatable bonds is 5. The average molecular weight is 192 g/mol. The molecule has 0 saturated heterocycles. The average Bonchev–Trinajstić information content (AvgIpc) is 2.16. The lowest BCUT2D eigenvalue weighted by Gasteiger charge is -2.02. The molecule has 0 radical (unpaired) electrons. The van der Waals surface area contributed by atoms with Crippen molar-refractivity contribution in [2.45, 2.75) is 20.8 Å². The van der Waals surface area contributed by atoms with Gasteiger partial charge in [-0.25, -0.2) is 4.79 Å². The highest BCUT2D eigenvalue weighted by molar-refractivity contribution is 5.59. The van der Waals surface area contributed by atoms with E-state index in [1.807, 2.05) is 13.8 Å². The summed E-state index contributed by atoms with van der Waals surface area (Å²) in [4.78, 5) is 20.0. The maximum absolute atomic E-state index is 10.4. The normalized spacial score (nSPS) is 7.62. The molecule has 0 bridgehead atoms. The van der Waals surface area contributed by atoms with Gasteiger partial charge in [-0.05, 0) is 6.92 Å². The van der Waals surface area contributed by atoms with Crippen molar-refractivity contribution in [2.24, 2.45) is 0 Å². The van der Waals surface area contributed by atoms with Crippen LogP contribution in [-0.2, 0) is 19.0 Å². The molecule has 0 atom stereocenters. The zero-order valence-corrected chi connectivity index (χ0v) is 8.24. The molecule has 0 aliphatic rings. The standard InChI is InChI=1S/C6H10O5.C2H6/c1-2-10-6(8)11-4-3-9-5-7;1-2/h5H,2-4H2,1H3;1-2H3. The first-order valence-corrected chi connectivity index (χ1v) is 4.16. The molecule has 0 fully saturated rings. The van der Waals surface area contributed by atoms with Crippen molar-refractivity contribution in [1.29, 1.82) is 0 Å². The summed E-state index contributed by atoms with van der Waals surface area (Å²) < 4.78 is 13.1. The fourth-order valence-corrected chi connectivity index (χ4v) is 0.381. The predicted octanol–water partition coefficient (Wildman–Crippen LogP) is 1.36. The van der Waals surface area contributed by atoms with E-state index in [9.17, 15) is 9.59 Å². The van der Waals surface area contributed by atoms with Crippen LogP contribution in [-0.4, -0.2) is 32.4 Å². The summed E-state index contributed by atoms with van der Waals surface area (Å²) in [7, 11) is 0. The first-order chi connectivity index (χ1) is 6.31. The second-order valence-electron chi connectivity index (χ2n) is 1.50. The summed E-state index contributed by atoms with van der Waals surface area (Å²) in [5.41, 5.74) is 0. The third-order valence-electron chi connectivity index (χ3n) is 0.751. The van der Waals surface area contributed by atoms with Crippen molar-refractivity contribution in [1.82, 2.24) is 0 Å². The van der Waals surface area contributed by atoms with E-state index in [1.165, 1.54) is 0 Å². The molecule has 0 saturated carbocycles. The van der Waals surface area contributed by atoms with Crippen LogP contribution in [0.25, 0.3) is 0 Å². The van der Waals surface area contributed by atoms with E-state index in [0.29, 0.717) is 0 Å². The van der Waals surface area contributed by atoms with E-state index in [2.05, 4.69) is 14.2 Å². The molecule has 0 spiro atoms. The van der Waals surface area contributed by atoms with Crippen LogP contribution < -0.4 is 0 Å². The Morgan fingerprint density at radius 3 is 2.31 bits per heavy atom. The van der Waals surface area contributed by atoms with Crippen molar-refractivity contribution in [3.8, 4) is 0 Å². The molecule has 78 valence electrons. The highest BCUT2D eigenvalue weighted by Crippen LogP contribution is 1.84. The summed E-state index contributed by atoms with van der Waals surface area (Å²) in [6.07, 6.45) is -0.748. The van der Waals surface area contributed by atoms with E-state index >= 15 is 0 Å². The molecule has 0 unspecified atom stereocenters. The minimum Gasteiger partial charge on any atom is -0.464 e. The Morgan fingerprint density at radius 1 is 1.23 bits per heavy atom. The predicted molar refractivity (Wildman–Crippen MR) is 46.3 cm³/mol. The van der Waals surface area contributed by atoms with E-state index < -0.39 is 6.16 Å². The summed E-state index contributed by atoms with van der Waals surface area (Å²) in [5, 5.41) is 0. The molecular weight excluding hydrogens is 176 g/mol. The molecule has 0 aliphatic heterocycles. The molecule has 0 aliphatic carbocycles. The van der Waals surface area contributed by atoms with Crippen LogP contribution in [0.5, 0.6) is 0 Å². The minimum atomic E-state index is -0.748. The quantitative estimate of drug-likeness (QED) is 0.374. The molecule has 0 aromatic rings. The molecule has 0 amide bonds. The number of hydrogen-bond acceptors (Lipinski definition) is 5. The Balaban J connectivity index is 0. The lowest BCUT2D eigenvalue weighted by atomic mass is 10.8. The van der Waals surface area contributed by atoms with Crippen molar-refractivity contribution >= 4 is 12.6 Å². The summed E-state index contributed by atoms with van der Waals surface area (Å²) in [6, 6.07) is 0. The third-order valence-corrected chi connectivity index (χ3v) is 0.751. The van der Waals surface area contributed by atoms with E-state index in [0.717, 1.165) is 0 Å². The van der Waals surface area contributed by atoms with Crippen LogP contribution in [0.2, 0.25) is 0 Å². The smallest absolute Gasteiger partial charge is 0.464 e. The first-order valence-electron chi connectivity index (χ1n) is 4.16. The van der Waals surface area contributed by atoms with Gasteiger partial charge < -0.3 is 14.2 Å². The lowest BCUT2D eigenvalue weighted by Crippen LogP contribution is -2.11. The summed E-state index contributed by atoms with van der Waals surface area (Å²) >= 11 is 0. The summed E-state index contributed by atoms with van der Waals surface area (Å²) in [6.45, 7) is 6.31. The zero-order valence-electron chi connectivity index (χ0n) is 8.24.